The second-order valence-electron chi connectivity index (χ2n) is 6.68. The Bertz CT molecular complexity index is 718. The van der Waals surface area contributed by atoms with Crippen molar-refractivity contribution < 1.29 is 19.1 Å². The van der Waals surface area contributed by atoms with E-state index in [1.807, 2.05) is 30.9 Å². The molecule has 1 heterocycles. The van der Waals surface area contributed by atoms with E-state index in [1.54, 1.807) is 6.08 Å². The Morgan fingerprint density at radius 3 is 2.34 bits per heavy atom. The lowest BCUT2D eigenvalue weighted by molar-refractivity contribution is -0.132. The topological polar surface area (TPSA) is 71.1 Å². The molecule has 0 saturated carbocycles. The highest BCUT2D eigenvalue weighted by Gasteiger charge is 2.23. The van der Waals surface area contributed by atoms with Crippen LogP contribution in [0.15, 0.2) is 29.3 Å². The minimum Gasteiger partial charge on any atom is -0.490 e. The zero-order valence-corrected chi connectivity index (χ0v) is 18.8. The van der Waals surface area contributed by atoms with Gasteiger partial charge >= 0.3 is 0 Å². The third-order valence-electron chi connectivity index (χ3n) is 4.59. The molecular formula is C21H30BrN3O4. The lowest BCUT2D eigenvalue weighted by atomic mass is 10.1. The number of rotatable bonds is 10. The molecule has 1 aliphatic heterocycles. The number of carbonyl (C=O) groups is 2. The predicted octanol–water partition coefficient (Wildman–Crippen LogP) is 2.24. The average molecular weight is 468 g/mol. The highest BCUT2D eigenvalue weighted by Crippen LogP contribution is 2.34. The first kappa shape index (κ1) is 23.2. The highest BCUT2D eigenvalue weighted by molar-refractivity contribution is 9.10. The summed E-state index contributed by atoms with van der Waals surface area (Å²) in [7, 11) is 0. The smallest absolute Gasteiger partial charge is 0.234 e. The van der Waals surface area contributed by atoms with Gasteiger partial charge in [0, 0.05) is 37.2 Å². The maximum Gasteiger partial charge on any atom is 0.234 e. The second-order valence-corrected chi connectivity index (χ2v) is 7.54. The molecule has 2 rings (SSSR count). The average Bonchev–Trinajstić information content (AvgIpc) is 2.70. The summed E-state index contributed by atoms with van der Waals surface area (Å²) in [5, 5.41) is 2.78. The summed E-state index contributed by atoms with van der Waals surface area (Å²) in [4.78, 5) is 28.5. The molecule has 1 saturated heterocycles. The first-order chi connectivity index (χ1) is 14.0. The summed E-state index contributed by atoms with van der Waals surface area (Å²) >= 11 is 3.55. The van der Waals surface area contributed by atoms with Gasteiger partial charge in [-0.3, -0.25) is 14.5 Å². The van der Waals surface area contributed by atoms with Crippen molar-refractivity contribution >= 4 is 27.7 Å². The van der Waals surface area contributed by atoms with Crippen LogP contribution in [0.25, 0.3) is 0 Å². The van der Waals surface area contributed by atoms with E-state index in [9.17, 15) is 9.59 Å². The van der Waals surface area contributed by atoms with Gasteiger partial charge in [0.25, 0.3) is 0 Å². The van der Waals surface area contributed by atoms with E-state index in [0.717, 1.165) is 10.0 Å². The van der Waals surface area contributed by atoms with Crippen molar-refractivity contribution in [1.29, 1.82) is 0 Å². The molecule has 29 heavy (non-hydrogen) atoms. The molecule has 7 nitrogen and oxygen atoms in total. The van der Waals surface area contributed by atoms with E-state index in [2.05, 4.69) is 32.7 Å². The molecule has 8 heteroatoms. The van der Waals surface area contributed by atoms with Crippen molar-refractivity contribution in [3.8, 4) is 11.5 Å². The molecule has 1 N–H and O–H groups in total. The molecular weight excluding hydrogens is 438 g/mol. The molecule has 0 radical (unpaired) electrons. The van der Waals surface area contributed by atoms with Crippen molar-refractivity contribution in [2.45, 2.75) is 20.3 Å². The number of ether oxygens (including phenoxy) is 2. The summed E-state index contributed by atoms with van der Waals surface area (Å²) in [6, 6.07) is 3.73. The van der Waals surface area contributed by atoms with Crippen LogP contribution in [-0.4, -0.2) is 74.1 Å². The fraction of sp³-hybridized carbons (Fsp3) is 0.524. The summed E-state index contributed by atoms with van der Waals surface area (Å²) in [6.45, 7) is 11.9. The van der Waals surface area contributed by atoms with Crippen LogP contribution in [-0.2, 0) is 16.0 Å². The zero-order valence-electron chi connectivity index (χ0n) is 17.2. The third-order valence-corrected chi connectivity index (χ3v) is 5.33. The number of hydrogen-bond acceptors (Lipinski definition) is 5. The van der Waals surface area contributed by atoms with Crippen LogP contribution < -0.4 is 14.8 Å². The van der Waals surface area contributed by atoms with Crippen molar-refractivity contribution in [2.75, 3.05) is 52.5 Å². The SMILES string of the molecule is C=CCNC(=O)CN1CCN(C(=O)Cc2cc(OCC)c(OCC)cc2Br)CC1. The van der Waals surface area contributed by atoms with Gasteiger partial charge in [-0.25, -0.2) is 0 Å². The van der Waals surface area contributed by atoms with Crippen LogP contribution in [0.5, 0.6) is 11.5 Å². The van der Waals surface area contributed by atoms with E-state index >= 15 is 0 Å². The first-order valence-electron chi connectivity index (χ1n) is 9.94. The van der Waals surface area contributed by atoms with Gasteiger partial charge in [0.1, 0.15) is 0 Å². The van der Waals surface area contributed by atoms with Gasteiger partial charge in [0.15, 0.2) is 11.5 Å². The first-order valence-corrected chi connectivity index (χ1v) is 10.7. The molecule has 1 fully saturated rings. The minimum atomic E-state index is -0.0218. The highest BCUT2D eigenvalue weighted by atomic mass is 79.9. The van der Waals surface area contributed by atoms with Crippen LogP contribution in [0.3, 0.4) is 0 Å². The fourth-order valence-electron chi connectivity index (χ4n) is 3.12. The molecule has 0 spiro atoms. The molecule has 1 aromatic rings. The van der Waals surface area contributed by atoms with Crippen molar-refractivity contribution in [2.24, 2.45) is 0 Å². The van der Waals surface area contributed by atoms with E-state index in [0.29, 0.717) is 64.0 Å². The number of benzene rings is 1. The molecule has 0 aliphatic carbocycles. The van der Waals surface area contributed by atoms with Gasteiger partial charge in [-0.15, -0.1) is 6.58 Å². The van der Waals surface area contributed by atoms with Crippen LogP contribution in [0.4, 0.5) is 0 Å². The molecule has 160 valence electrons. The Kier molecular flexibility index (Phi) is 9.47. The predicted molar refractivity (Wildman–Crippen MR) is 116 cm³/mol. The molecule has 0 unspecified atom stereocenters. The van der Waals surface area contributed by atoms with Gasteiger partial charge < -0.3 is 19.7 Å². The number of halogens is 1. The maximum absolute atomic E-state index is 12.8. The fourth-order valence-corrected chi connectivity index (χ4v) is 3.59. The molecule has 0 bridgehead atoms. The van der Waals surface area contributed by atoms with Crippen LogP contribution in [0.2, 0.25) is 0 Å². The van der Waals surface area contributed by atoms with Crippen molar-refractivity contribution in [3.63, 3.8) is 0 Å². The normalized spacial score (nSPS) is 14.4. The van der Waals surface area contributed by atoms with E-state index in [1.165, 1.54) is 0 Å². The largest absolute Gasteiger partial charge is 0.490 e. The number of hydrogen-bond donors (Lipinski definition) is 1. The Hall–Kier alpha value is -2.06. The number of nitrogens with zero attached hydrogens (tertiary/aromatic N) is 2. The van der Waals surface area contributed by atoms with E-state index in [-0.39, 0.29) is 18.2 Å². The van der Waals surface area contributed by atoms with Crippen LogP contribution >= 0.6 is 15.9 Å². The van der Waals surface area contributed by atoms with Crippen LogP contribution in [0, 0.1) is 0 Å². The van der Waals surface area contributed by atoms with Gasteiger partial charge in [0.05, 0.1) is 26.2 Å². The lowest BCUT2D eigenvalue weighted by Crippen LogP contribution is -2.51. The molecule has 2 amide bonds. The standard InChI is InChI=1S/C21H30BrN3O4/c1-4-7-23-20(26)15-24-8-10-25(11-9-24)21(27)13-16-12-18(28-5-2)19(29-6-3)14-17(16)22/h4,12,14H,1,5-11,13,15H2,2-3H3,(H,23,26). The Morgan fingerprint density at radius 2 is 1.76 bits per heavy atom. The summed E-state index contributed by atoms with van der Waals surface area (Å²) in [5.41, 5.74) is 0.869. The van der Waals surface area contributed by atoms with Gasteiger partial charge in [0.2, 0.25) is 11.8 Å². The van der Waals surface area contributed by atoms with Gasteiger partial charge in [-0.2, -0.15) is 0 Å². The molecule has 1 aromatic carbocycles. The second kappa shape index (κ2) is 11.8. The zero-order chi connectivity index (χ0) is 21.2. The van der Waals surface area contributed by atoms with E-state index in [4.69, 9.17) is 9.47 Å². The number of nitrogens with one attached hydrogen (secondary N) is 1. The molecule has 0 atom stereocenters. The summed E-state index contributed by atoms with van der Waals surface area (Å²) < 4.78 is 12.1. The Balaban J connectivity index is 1.93. The minimum absolute atomic E-state index is 0.0218. The van der Waals surface area contributed by atoms with Gasteiger partial charge in [-0.1, -0.05) is 22.0 Å². The summed E-state index contributed by atoms with van der Waals surface area (Å²) in [6.07, 6.45) is 1.94. The summed E-state index contributed by atoms with van der Waals surface area (Å²) in [5.74, 6) is 1.36. The lowest BCUT2D eigenvalue weighted by Gasteiger charge is -2.34. The quantitative estimate of drug-likeness (QED) is 0.534. The van der Waals surface area contributed by atoms with Crippen molar-refractivity contribution in [3.05, 3.63) is 34.8 Å². The maximum atomic E-state index is 12.8. The van der Waals surface area contributed by atoms with Crippen molar-refractivity contribution in [1.82, 2.24) is 15.1 Å². The molecule has 1 aliphatic rings. The van der Waals surface area contributed by atoms with Gasteiger partial charge in [-0.05, 0) is 31.5 Å². The number of carbonyl (C=O) groups excluding carboxylic acids is 2. The molecule has 0 aromatic heterocycles. The number of amides is 2. The Morgan fingerprint density at radius 1 is 1.14 bits per heavy atom. The van der Waals surface area contributed by atoms with Crippen LogP contribution in [0.1, 0.15) is 19.4 Å². The Labute approximate surface area is 181 Å². The third kappa shape index (κ3) is 7.04. The van der Waals surface area contributed by atoms with E-state index < -0.39 is 0 Å². The number of piperazine rings is 1. The monoisotopic (exact) mass is 467 g/mol.